The summed E-state index contributed by atoms with van der Waals surface area (Å²) in [7, 11) is 0. The second-order valence-electron chi connectivity index (χ2n) is 7.74. The zero-order valence-corrected chi connectivity index (χ0v) is 15.2. The number of piperidine rings is 1. The molecule has 0 bridgehead atoms. The maximum absolute atomic E-state index is 13.3. The van der Waals surface area contributed by atoms with Crippen molar-refractivity contribution in [1.29, 1.82) is 5.26 Å². The van der Waals surface area contributed by atoms with E-state index in [1.165, 1.54) is 16.7 Å². The minimum absolute atomic E-state index is 0.131. The SMILES string of the molecule is N#Cc1ccc2c(c1)CC[C@H]1C2CCCN1C(=O)c1ccc2c(c1)N=CC2. The van der Waals surface area contributed by atoms with Crippen molar-refractivity contribution in [1.82, 2.24) is 4.90 Å². The Morgan fingerprint density at radius 2 is 2.07 bits per heavy atom. The predicted molar refractivity (Wildman–Crippen MR) is 105 cm³/mol. The first-order valence-corrected chi connectivity index (χ1v) is 9.74. The molecule has 0 saturated carbocycles. The van der Waals surface area contributed by atoms with Gasteiger partial charge in [-0.3, -0.25) is 9.79 Å². The van der Waals surface area contributed by atoms with Crippen LogP contribution in [0.3, 0.4) is 0 Å². The van der Waals surface area contributed by atoms with Gasteiger partial charge in [0, 0.05) is 36.7 Å². The molecule has 1 fully saturated rings. The summed E-state index contributed by atoms with van der Waals surface area (Å²) in [5.41, 5.74) is 6.24. The molecule has 1 saturated heterocycles. The number of aliphatic imine (C=N–C) groups is 1. The quantitative estimate of drug-likeness (QED) is 0.771. The Hall–Kier alpha value is -2.93. The Morgan fingerprint density at radius 1 is 1.15 bits per heavy atom. The minimum atomic E-state index is 0.131. The van der Waals surface area contributed by atoms with E-state index in [9.17, 15) is 4.79 Å². The smallest absolute Gasteiger partial charge is 0.254 e. The molecule has 0 spiro atoms. The average Bonchev–Trinajstić information content (AvgIpc) is 3.20. The second kappa shape index (κ2) is 6.35. The number of rotatable bonds is 1. The molecular formula is C23H21N3O. The highest BCUT2D eigenvalue weighted by Crippen LogP contribution is 2.41. The Labute approximate surface area is 159 Å². The Morgan fingerprint density at radius 3 is 2.96 bits per heavy atom. The number of aryl methyl sites for hydroxylation is 1. The lowest BCUT2D eigenvalue weighted by molar-refractivity contribution is 0.0547. The van der Waals surface area contributed by atoms with Crippen LogP contribution in [0.4, 0.5) is 5.69 Å². The van der Waals surface area contributed by atoms with Crippen LogP contribution in [-0.4, -0.2) is 29.6 Å². The first-order chi connectivity index (χ1) is 13.2. The summed E-state index contributed by atoms with van der Waals surface area (Å²) in [6, 6.07) is 14.5. The second-order valence-corrected chi connectivity index (χ2v) is 7.74. The molecule has 0 radical (unpaired) electrons. The van der Waals surface area contributed by atoms with Crippen LogP contribution in [0.15, 0.2) is 41.4 Å². The lowest BCUT2D eigenvalue weighted by Gasteiger charge is -2.45. The summed E-state index contributed by atoms with van der Waals surface area (Å²) in [4.78, 5) is 19.8. The largest absolute Gasteiger partial charge is 0.335 e. The molecule has 1 unspecified atom stereocenters. The van der Waals surface area contributed by atoms with E-state index in [0.717, 1.165) is 55.5 Å². The van der Waals surface area contributed by atoms with E-state index >= 15 is 0 Å². The molecule has 2 heterocycles. The Bertz CT molecular complexity index is 1000. The number of fused-ring (bicyclic) bond motifs is 4. The van der Waals surface area contributed by atoms with Crippen LogP contribution in [0.25, 0.3) is 0 Å². The molecule has 2 aromatic rings. The number of nitrogens with zero attached hydrogens (tertiary/aromatic N) is 3. The first kappa shape index (κ1) is 16.3. The summed E-state index contributed by atoms with van der Waals surface area (Å²) in [5.74, 6) is 0.512. The van der Waals surface area contributed by atoms with Crippen molar-refractivity contribution >= 4 is 17.8 Å². The molecule has 1 aliphatic carbocycles. The van der Waals surface area contributed by atoms with Crippen molar-refractivity contribution in [3.05, 3.63) is 64.2 Å². The molecule has 3 aliphatic rings. The van der Waals surface area contributed by atoms with E-state index in [0.29, 0.717) is 5.92 Å². The highest BCUT2D eigenvalue weighted by Gasteiger charge is 2.38. The van der Waals surface area contributed by atoms with Gasteiger partial charge in [-0.05, 0) is 66.6 Å². The van der Waals surface area contributed by atoms with E-state index < -0.39 is 0 Å². The third-order valence-corrected chi connectivity index (χ3v) is 6.29. The summed E-state index contributed by atoms with van der Waals surface area (Å²) in [5, 5.41) is 9.17. The molecular weight excluding hydrogens is 334 g/mol. The zero-order chi connectivity index (χ0) is 18.4. The Balaban J connectivity index is 1.45. The van der Waals surface area contributed by atoms with Crippen LogP contribution in [-0.2, 0) is 12.8 Å². The fourth-order valence-corrected chi connectivity index (χ4v) is 4.98. The van der Waals surface area contributed by atoms with Crippen molar-refractivity contribution in [2.45, 2.75) is 44.1 Å². The molecule has 2 atom stereocenters. The molecule has 4 heteroatoms. The average molecular weight is 355 g/mol. The van der Waals surface area contributed by atoms with Crippen molar-refractivity contribution in [3.63, 3.8) is 0 Å². The standard InChI is InChI=1S/C23H21N3O/c24-14-15-3-7-19-17(12-15)6-8-22-20(19)2-1-11-26(22)23(27)18-5-4-16-9-10-25-21(16)13-18/h3-5,7,10,12-13,20,22H,1-2,6,8-9,11H2/t20?,22-/m0/s1. The third-order valence-electron chi connectivity index (χ3n) is 6.29. The number of hydrogen-bond acceptors (Lipinski definition) is 3. The minimum Gasteiger partial charge on any atom is -0.335 e. The zero-order valence-electron chi connectivity index (χ0n) is 15.2. The van der Waals surface area contributed by atoms with Gasteiger partial charge in [0.05, 0.1) is 17.3 Å². The number of amides is 1. The highest BCUT2D eigenvalue weighted by molar-refractivity contribution is 5.96. The topological polar surface area (TPSA) is 56.5 Å². The summed E-state index contributed by atoms with van der Waals surface area (Å²) < 4.78 is 0. The first-order valence-electron chi connectivity index (χ1n) is 9.74. The monoisotopic (exact) mass is 355 g/mol. The van der Waals surface area contributed by atoms with Crippen LogP contribution < -0.4 is 0 Å². The Kier molecular flexibility index (Phi) is 3.82. The molecule has 2 aliphatic heterocycles. The van der Waals surface area contributed by atoms with Crippen molar-refractivity contribution in [2.75, 3.05) is 6.54 Å². The van der Waals surface area contributed by atoms with Crippen molar-refractivity contribution in [3.8, 4) is 6.07 Å². The number of carbonyl (C=O) groups is 1. The van der Waals surface area contributed by atoms with Crippen LogP contribution in [0.2, 0.25) is 0 Å². The van der Waals surface area contributed by atoms with Crippen LogP contribution in [0.5, 0.6) is 0 Å². The van der Waals surface area contributed by atoms with Gasteiger partial charge < -0.3 is 4.90 Å². The van der Waals surface area contributed by atoms with Gasteiger partial charge >= 0.3 is 0 Å². The van der Waals surface area contributed by atoms with Gasteiger partial charge in [0.2, 0.25) is 0 Å². The fraction of sp³-hybridized carbons (Fsp3) is 0.348. The van der Waals surface area contributed by atoms with Crippen LogP contribution in [0.1, 0.15) is 57.8 Å². The molecule has 0 N–H and O–H groups in total. The van der Waals surface area contributed by atoms with E-state index in [1.807, 2.05) is 36.5 Å². The number of nitriles is 1. The lowest BCUT2D eigenvalue weighted by Crippen LogP contribution is -2.49. The summed E-state index contributed by atoms with van der Waals surface area (Å²) >= 11 is 0. The van der Waals surface area contributed by atoms with Gasteiger partial charge in [-0.2, -0.15) is 5.26 Å². The highest BCUT2D eigenvalue weighted by atomic mass is 16.2. The molecule has 134 valence electrons. The van der Waals surface area contributed by atoms with Gasteiger partial charge in [0.1, 0.15) is 0 Å². The normalized spacial score (nSPS) is 22.6. The van der Waals surface area contributed by atoms with Crippen molar-refractivity contribution in [2.24, 2.45) is 4.99 Å². The number of benzene rings is 2. The van der Waals surface area contributed by atoms with E-state index in [1.54, 1.807) is 0 Å². The number of carbonyl (C=O) groups excluding carboxylic acids is 1. The van der Waals surface area contributed by atoms with Gasteiger partial charge in [0.25, 0.3) is 5.91 Å². The number of likely N-dealkylation sites (tertiary alicyclic amines) is 1. The van der Waals surface area contributed by atoms with E-state index in [-0.39, 0.29) is 11.9 Å². The van der Waals surface area contributed by atoms with Gasteiger partial charge in [-0.25, -0.2) is 0 Å². The van der Waals surface area contributed by atoms with E-state index in [2.05, 4.69) is 22.0 Å². The molecule has 4 nitrogen and oxygen atoms in total. The summed E-state index contributed by atoms with van der Waals surface area (Å²) in [6.45, 7) is 0.825. The molecule has 2 aromatic carbocycles. The molecule has 27 heavy (non-hydrogen) atoms. The van der Waals surface area contributed by atoms with E-state index in [4.69, 9.17) is 5.26 Å². The van der Waals surface area contributed by atoms with Gasteiger partial charge in [0.15, 0.2) is 0 Å². The third kappa shape index (κ3) is 2.66. The fourth-order valence-electron chi connectivity index (χ4n) is 4.98. The van der Waals surface area contributed by atoms with Gasteiger partial charge in [-0.15, -0.1) is 0 Å². The number of hydrogen-bond donors (Lipinski definition) is 0. The maximum Gasteiger partial charge on any atom is 0.254 e. The summed E-state index contributed by atoms with van der Waals surface area (Å²) in [6.07, 6.45) is 6.81. The molecule has 0 aromatic heterocycles. The van der Waals surface area contributed by atoms with Crippen LogP contribution in [0, 0.1) is 11.3 Å². The van der Waals surface area contributed by atoms with Gasteiger partial charge in [-0.1, -0.05) is 12.1 Å². The lowest BCUT2D eigenvalue weighted by atomic mass is 9.74. The predicted octanol–water partition coefficient (Wildman–Crippen LogP) is 4.15. The molecule has 5 rings (SSSR count). The maximum atomic E-state index is 13.3. The molecule has 1 amide bonds. The van der Waals surface area contributed by atoms with Crippen molar-refractivity contribution < 1.29 is 4.79 Å². The van der Waals surface area contributed by atoms with Crippen LogP contribution >= 0.6 is 0 Å².